The molecule has 0 spiro atoms. The van der Waals surface area contributed by atoms with Gasteiger partial charge in [-0.1, -0.05) is 47.5 Å². The first-order valence-corrected chi connectivity index (χ1v) is 5.98. The van der Waals surface area contributed by atoms with Crippen molar-refractivity contribution in [3.8, 4) is 0 Å². The topological polar surface area (TPSA) is 57.2 Å². The van der Waals surface area contributed by atoms with Gasteiger partial charge in [0, 0.05) is 11.3 Å². The van der Waals surface area contributed by atoms with Gasteiger partial charge >= 0.3 is 0 Å². The molecule has 16 heavy (non-hydrogen) atoms. The smallest absolute Gasteiger partial charge is 0.150 e. The SMILES string of the molecule is O=Cc1ccc2ccccc2c1CS(=O)[O-]. The number of rotatable bonds is 3. The van der Waals surface area contributed by atoms with Crippen LogP contribution in [0, 0.1) is 0 Å². The van der Waals surface area contributed by atoms with Gasteiger partial charge in [-0.15, -0.1) is 0 Å². The van der Waals surface area contributed by atoms with Crippen LogP contribution < -0.4 is 0 Å². The van der Waals surface area contributed by atoms with Crippen molar-refractivity contribution in [2.75, 3.05) is 0 Å². The Hall–Kier alpha value is -1.52. The van der Waals surface area contributed by atoms with Crippen molar-refractivity contribution in [2.24, 2.45) is 0 Å². The first kappa shape index (κ1) is 11.0. The van der Waals surface area contributed by atoms with E-state index >= 15 is 0 Å². The van der Waals surface area contributed by atoms with Crippen LogP contribution in [0.1, 0.15) is 15.9 Å². The van der Waals surface area contributed by atoms with Crippen LogP contribution in [0.3, 0.4) is 0 Å². The highest BCUT2D eigenvalue weighted by Crippen LogP contribution is 2.22. The van der Waals surface area contributed by atoms with Gasteiger partial charge in [0.15, 0.2) is 0 Å². The second-order valence-electron chi connectivity index (χ2n) is 3.42. The minimum absolute atomic E-state index is 0.130. The minimum Gasteiger partial charge on any atom is -0.772 e. The maximum absolute atomic E-state index is 10.9. The lowest BCUT2D eigenvalue weighted by Crippen LogP contribution is -1.99. The Balaban J connectivity index is 2.72. The molecule has 0 aliphatic carbocycles. The largest absolute Gasteiger partial charge is 0.772 e. The van der Waals surface area contributed by atoms with Gasteiger partial charge < -0.3 is 4.55 Å². The van der Waals surface area contributed by atoms with E-state index in [1.54, 1.807) is 6.07 Å². The average Bonchev–Trinajstić information content (AvgIpc) is 2.29. The molecule has 4 heteroatoms. The van der Waals surface area contributed by atoms with Crippen molar-refractivity contribution < 1.29 is 13.6 Å². The summed E-state index contributed by atoms with van der Waals surface area (Å²) in [6, 6.07) is 10.9. The summed E-state index contributed by atoms with van der Waals surface area (Å²) in [5.41, 5.74) is 1.00. The van der Waals surface area contributed by atoms with Crippen LogP contribution in [-0.2, 0) is 16.8 Å². The maximum Gasteiger partial charge on any atom is 0.150 e. The minimum atomic E-state index is -2.19. The van der Waals surface area contributed by atoms with Gasteiger partial charge in [-0.05, 0) is 16.3 Å². The lowest BCUT2D eigenvalue weighted by Gasteiger charge is -2.11. The second kappa shape index (κ2) is 4.55. The van der Waals surface area contributed by atoms with Crippen LogP contribution >= 0.6 is 0 Å². The summed E-state index contributed by atoms with van der Waals surface area (Å²) in [4.78, 5) is 10.9. The quantitative estimate of drug-likeness (QED) is 0.602. The zero-order valence-electron chi connectivity index (χ0n) is 8.38. The van der Waals surface area contributed by atoms with E-state index < -0.39 is 11.1 Å². The summed E-state index contributed by atoms with van der Waals surface area (Å²) in [6.45, 7) is 0. The summed E-state index contributed by atoms with van der Waals surface area (Å²) in [5.74, 6) is -0.130. The highest BCUT2D eigenvalue weighted by atomic mass is 32.2. The van der Waals surface area contributed by atoms with E-state index in [0.29, 0.717) is 17.4 Å². The third-order valence-corrected chi connectivity index (χ3v) is 2.99. The van der Waals surface area contributed by atoms with Crippen molar-refractivity contribution >= 4 is 28.1 Å². The molecular weight excluding hydrogens is 224 g/mol. The van der Waals surface area contributed by atoms with Crippen LogP contribution in [-0.4, -0.2) is 15.0 Å². The number of fused-ring (bicyclic) bond motifs is 1. The predicted molar refractivity (Wildman–Crippen MR) is 62.0 cm³/mol. The van der Waals surface area contributed by atoms with Gasteiger partial charge in [0.2, 0.25) is 0 Å². The summed E-state index contributed by atoms with van der Waals surface area (Å²) in [5, 5.41) is 1.75. The summed E-state index contributed by atoms with van der Waals surface area (Å²) < 4.78 is 21.5. The first-order chi connectivity index (χ1) is 7.72. The molecule has 1 atom stereocenters. The number of carbonyl (C=O) groups excluding carboxylic acids is 1. The summed E-state index contributed by atoms with van der Waals surface area (Å²) >= 11 is -2.19. The fourth-order valence-electron chi connectivity index (χ4n) is 1.74. The molecule has 3 nitrogen and oxygen atoms in total. The molecule has 0 N–H and O–H groups in total. The highest BCUT2D eigenvalue weighted by molar-refractivity contribution is 7.78. The zero-order chi connectivity index (χ0) is 11.5. The van der Waals surface area contributed by atoms with Crippen LogP contribution in [0.2, 0.25) is 0 Å². The average molecular weight is 233 g/mol. The Morgan fingerprint density at radius 1 is 1.19 bits per heavy atom. The van der Waals surface area contributed by atoms with Crippen LogP contribution in [0.15, 0.2) is 36.4 Å². The molecule has 0 bridgehead atoms. The molecule has 1 unspecified atom stereocenters. The first-order valence-electron chi connectivity index (χ1n) is 4.74. The van der Waals surface area contributed by atoms with Gasteiger partial charge in [-0.2, -0.15) is 0 Å². The number of carbonyl (C=O) groups is 1. The van der Waals surface area contributed by atoms with E-state index in [9.17, 15) is 13.6 Å². The standard InChI is InChI=1S/C12H10O3S/c13-7-10-6-5-9-3-1-2-4-11(9)12(10)8-16(14)15/h1-7H,8H2,(H,14,15)/p-1. The molecule has 0 saturated heterocycles. The van der Waals surface area contributed by atoms with Crippen LogP contribution in [0.25, 0.3) is 10.8 Å². The number of hydrogen-bond acceptors (Lipinski definition) is 3. The van der Waals surface area contributed by atoms with Crippen molar-refractivity contribution in [1.29, 1.82) is 0 Å². The molecule has 0 aromatic heterocycles. The van der Waals surface area contributed by atoms with Gasteiger partial charge in [-0.3, -0.25) is 9.00 Å². The van der Waals surface area contributed by atoms with Crippen molar-refractivity contribution in [1.82, 2.24) is 0 Å². The molecule has 0 amide bonds. The number of benzene rings is 2. The fourth-order valence-corrected chi connectivity index (χ4v) is 2.30. The monoisotopic (exact) mass is 233 g/mol. The van der Waals surface area contributed by atoms with Crippen LogP contribution in [0.5, 0.6) is 0 Å². The Bertz CT molecular complexity index is 563. The summed E-state index contributed by atoms with van der Waals surface area (Å²) in [7, 11) is 0. The maximum atomic E-state index is 10.9. The Kier molecular flexibility index (Phi) is 3.12. The number of aldehydes is 1. The molecular formula is C12H9O3S-. The van der Waals surface area contributed by atoms with Crippen LogP contribution in [0.4, 0.5) is 0 Å². The third kappa shape index (κ3) is 2.03. The highest BCUT2D eigenvalue weighted by Gasteiger charge is 2.06. The summed E-state index contributed by atoms with van der Waals surface area (Å²) in [6.07, 6.45) is 0.689. The van der Waals surface area contributed by atoms with Gasteiger partial charge in [0.05, 0.1) is 0 Å². The van der Waals surface area contributed by atoms with E-state index in [1.807, 2.05) is 30.3 Å². The van der Waals surface area contributed by atoms with Crippen molar-refractivity contribution in [2.45, 2.75) is 5.75 Å². The molecule has 0 radical (unpaired) electrons. The molecule has 0 saturated carbocycles. The fraction of sp³-hybridized carbons (Fsp3) is 0.0833. The normalized spacial score (nSPS) is 12.6. The molecule has 0 fully saturated rings. The van der Waals surface area contributed by atoms with Gasteiger partial charge in [0.25, 0.3) is 0 Å². The molecule has 0 aliphatic rings. The predicted octanol–water partition coefficient (Wildman–Crippen LogP) is 2.03. The van der Waals surface area contributed by atoms with E-state index in [2.05, 4.69) is 0 Å². The molecule has 0 aliphatic heterocycles. The second-order valence-corrected chi connectivity index (χ2v) is 4.32. The van der Waals surface area contributed by atoms with E-state index in [0.717, 1.165) is 10.8 Å². The van der Waals surface area contributed by atoms with Crippen molar-refractivity contribution in [3.05, 3.63) is 47.5 Å². The Morgan fingerprint density at radius 2 is 1.94 bits per heavy atom. The third-order valence-electron chi connectivity index (χ3n) is 2.47. The molecule has 82 valence electrons. The van der Waals surface area contributed by atoms with E-state index in [-0.39, 0.29) is 5.75 Å². The van der Waals surface area contributed by atoms with Gasteiger partial charge in [-0.25, -0.2) is 0 Å². The molecule has 2 rings (SSSR count). The Labute approximate surface area is 95.4 Å². The van der Waals surface area contributed by atoms with Crippen molar-refractivity contribution in [3.63, 3.8) is 0 Å². The number of hydrogen-bond donors (Lipinski definition) is 0. The zero-order valence-corrected chi connectivity index (χ0v) is 9.20. The Morgan fingerprint density at radius 3 is 2.62 bits per heavy atom. The van der Waals surface area contributed by atoms with E-state index in [4.69, 9.17) is 0 Å². The molecule has 0 heterocycles. The van der Waals surface area contributed by atoms with E-state index in [1.165, 1.54) is 0 Å². The lowest BCUT2D eigenvalue weighted by atomic mass is 10.0. The molecule has 2 aromatic carbocycles. The molecule has 2 aromatic rings. The van der Waals surface area contributed by atoms with Gasteiger partial charge in [0.1, 0.15) is 6.29 Å². The lowest BCUT2D eigenvalue weighted by molar-refractivity contribution is 0.112.